The summed E-state index contributed by atoms with van der Waals surface area (Å²) in [6, 6.07) is 7.77. The van der Waals surface area contributed by atoms with Crippen LogP contribution in [0.3, 0.4) is 0 Å². The first-order chi connectivity index (χ1) is 15.6. The van der Waals surface area contributed by atoms with Crippen LogP contribution >= 0.6 is 0 Å². The summed E-state index contributed by atoms with van der Waals surface area (Å²) in [4.78, 5) is 0. The summed E-state index contributed by atoms with van der Waals surface area (Å²) in [6.07, 6.45) is 0. The average Bonchev–Trinajstić information content (AvgIpc) is 2.77. The van der Waals surface area contributed by atoms with Gasteiger partial charge in [0.05, 0.1) is 23.3 Å². The maximum absolute atomic E-state index is 15.2. The lowest BCUT2D eigenvalue weighted by Crippen LogP contribution is -2.77. The highest BCUT2D eigenvalue weighted by Gasteiger charge is 2.44. The summed E-state index contributed by atoms with van der Waals surface area (Å²) in [7, 11) is 0. The third kappa shape index (κ3) is 3.92. The van der Waals surface area contributed by atoms with Gasteiger partial charge in [-0.15, -0.1) is 0 Å². The van der Waals surface area contributed by atoms with Crippen LogP contribution in [0.4, 0.5) is 35.1 Å². The van der Waals surface area contributed by atoms with Gasteiger partial charge in [-0.05, 0) is 48.5 Å². The molecule has 168 valence electrons. The number of benzene rings is 4. The molecule has 0 radical (unpaired) electrons. The van der Waals surface area contributed by atoms with Crippen molar-refractivity contribution in [3.63, 3.8) is 0 Å². The van der Waals surface area contributed by atoms with Crippen LogP contribution in [-0.2, 0) is 0 Å². The molecule has 0 aromatic heterocycles. The molecular formula is C24H12AlF8-. The van der Waals surface area contributed by atoms with Gasteiger partial charge in [0.15, 0.2) is 0 Å². The van der Waals surface area contributed by atoms with Gasteiger partial charge in [0.2, 0.25) is 0 Å². The van der Waals surface area contributed by atoms with Crippen molar-refractivity contribution in [2.45, 2.75) is 0 Å². The molecule has 0 bridgehead atoms. The minimum Gasteiger partial charge on any atom is -0.211 e. The van der Waals surface area contributed by atoms with E-state index in [1.165, 1.54) is 0 Å². The summed E-state index contributed by atoms with van der Waals surface area (Å²) in [5, 5.41) is 0. The van der Waals surface area contributed by atoms with Crippen LogP contribution in [0, 0.1) is 46.5 Å². The van der Waals surface area contributed by atoms with E-state index < -0.39 is 77.3 Å². The first-order valence-corrected chi connectivity index (χ1v) is 11.9. The lowest BCUT2D eigenvalue weighted by molar-refractivity contribution is 0.598. The van der Waals surface area contributed by atoms with Crippen molar-refractivity contribution in [3.8, 4) is 0 Å². The molecule has 0 fully saturated rings. The van der Waals surface area contributed by atoms with Crippen molar-refractivity contribution in [3.05, 3.63) is 119 Å². The molecule has 0 amide bonds. The Morgan fingerprint density at radius 1 is 0.333 bits per heavy atom. The van der Waals surface area contributed by atoms with Crippen LogP contribution in [0.5, 0.6) is 0 Å². The highest BCUT2D eigenvalue weighted by Crippen LogP contribution is 2.19. The summed E-state index contributed by atoms with van der Waals surface area (Å²) in [5.41, 5.74) is 0. The van der Waals surface area contributed by atoms with E-state index >= 15 is 17.6 Å². The SMILES string of the molecule is Fc1ccc(F)[c]([Al-]([c]2cc(F)ccc2F)([c]2cc(F)ccc2F)[c]2cc(F)ccc2F)c1. The van der Waals surface area contributed by atoms with Crippen LogP contribution < -0.4 is 17.7 Å². The van der Waals surface area contributed by atoms with E-state index in [4.69, 9.17) is 0 Å². The predicted octanol–water partition coefficient (Wildman–Crippen LogP) is 4.18. The Kier molecular flexibility index (Phi) is 6.04. The second-order valence-electron chi connectivity index (χ2n) is 7.53. The van der Waals surface area contributed by atoms with Gasteiger partial charge in [-0.25, -0.2) is 35.1 Å². The highest BCUT2D eigenvalue weighted by atomic mass is 27.2. The maximum Gasteiger partial charge on any atom is 0.282 e. The van der Waals surface area contributed by atoms with Gasteiger partial charge in [-0.2, -0.15) is 17.7 Å². The quantitative estimate of drug-likeness (QED) is 0.305. The molecule has 9 heteroatoms. The van der Waals surface area contributed by atoms with E-state index in [-0.39, 0.29) is 0 Å². The van der Waals surface area contributed by atoms with Gasteiger partial charge < -0.3 is 0 Å². The third-order valence-electron chi connectivity index (χ3n) is 5.70. The molecule has 0 aliphatic carbocycles. The molecule has 0 aliphatic heterocycles. The number of hydrogen-bond donors (Lipinski definition) is 0. The number of hydrogen-bond acceptors (Lipinski definition) is 0. The first kappa shape index (κ1) is 23.0. The largest absolute Gasteiger partial charge is 0.282 e. The molecule has 0 unspecified atom stereocenters. The Balaban J connectivity index is 2.35. The molecule has 0 nitrogen and oxygen atoms in total. The Bertz CT molecular complexity index is 1160. The fraction of sp³-hybridized carbons (Fsp3) is 0. The van der Waals surface area contributed by atoms with Gasteiger partial charge in [-0.3, -0.25) is 0 Å². The van der Waals surface area contributed by atoms with Crippen molar-refractivity contribution >= 4 is 30.8 Å². The fourth-order valence-corrected chi connectivity index (χ4v) is 10.1. The van der Waals surface area contributed by atoms with Crippen LogP contribution in [0.1, 0.15) is 0 Å². The van der Waals surface area contributed by atoms with Crippen LogP contribution in [0.2, 0.25) is 0 Å². The second-order valence-corrected chi connectivity index (χ2v) is 11.7. The Hall–Kier alpha value is -3.15. The molecule has 4 aromatic carbocycles. The summed E-state index contributed by atoms with van der Waals surface area (Å²) < 4.78 is 115. The Labute approximate surface area is 185 Å². The lowest BCUT2D eigenvalue weighted by atomic mass is 10.3. The van der Waals surface area contributed by atoms with Crippen molar-refractivity contribution in [1.82, 2.24) is 0 Å². The van der Waals surface area contributed by atoms with E-state index in [9.17, 15) is 17.6 Å². The minimum atomic E-state index is -5.50. The molecule has 0 saturated heterocycles. The average molecular weight is 479 g/mol. The van der Waals surface area contributed by atoms with Gasteiger partial charge in [-0.1, -0.05) is 24.3 Å². The summed E-state index contributed by atoms with van der Waals surface area (Å²) in [5.74, 6) is -9.06. The zero-order chi connectivity index (χ0) is 23.9. The van der Waals surface area contributed by atoms with E-state index in [2.05, 4.69) is 0 Å². The number of halogens is 8. The molecule has 0 atom stereocenters. The molecule has 0 saturated carbocycles. The van der Waals surface area contributed by atoms with Gasteiger partial charge in [0, 0.05) is 0 Å². The lowest BCUT2D eigenvalue weighted by Gasteiger charge is -2.41. The molecule has 0 N–H and O–H groups in total. The molecule has 0 aliphatic rings. The smallest absolute Gasteiger partial charge is 0.211 e. The van der Waals surface area contributed by atoms with Gasteiger partial charge in [0.25, 0.3) is 13.1 Å². The minimum absolute atomic E-state index is 0.582. The summed E-state index contributed by atoms with van der Waals surface area (Å²) >= 11 is -5.50. The maximum atomic E-state index is 15.2. The predicted molar refractivity (Wildman–Crippen MR) is 110 cm³/mol. The second kappa shape index (κ2) is 8.66. The third-order valence-corrected chi connectivity index (χ3v) is 11.2. The van der Waals surface area contributed by atoms with Crippen molar-refractivity contribution in [2.75, 3.05) is 0 Å². The zero-order valence-corrected chi connectivity index (χ0v) is 17.7. The first-order valence-electron chi connectivity index (χ1n) is 9.62. The molecule has 4 aromatic rings. The van der Waals surface area contributed by atoms with Crippen molar-refractivity contribution in [1.29, 1.82) is 0 Å². The van der Waals surface area contributed by atoms with E-state index in [1.807, 2.05) is 0 Å². The highest BCUT2D eigenvalue weighted by molar-refractivity contribution is 7.20. The zero-order valence-electron chi connectivity index (χ0n) is 16.5. The topological polar surface area (TPSA) is 0 Å². The molecule has 4 rings (SSSR count). The van der Waals surface area contributed by atoms with Crippen LogP contribution in [-0.4, -0.2) is 13.1 Å². The molecule has 33 heavy (non-hydrogen) atoms. The molecular weight excluding hydrogens is 467 g/mol. The molecule has 0 heterocycles. The monoisotopic (exact) mass is 479 g/mol. The van der Waals surface area contributed by atoms with Gasteiger partial charge in [0.1, 0.15) is 23.3 Å². The number of rotatable bonds is 4. The fourth-order valence-electron chi connectivity index (χ4n) is 4.39. The van der Waals surface area contributed by atoms with Gasteiger partial charge >= 0.3 is 0 Å². The van der Waals surface area contributed by atoms with Crippen LogP contribution in [0.25, 0.3) is 0 Å². The van der Waals surface area contributed by atoms with Crippen LogP contribution in [0.15, 0.2) is 72.8 Å². The normalized spacial score (nSPS) is 11.6. The Morgan fingerprint density at radius 3 is 0.758 bits per heavy atom. The molecule has 0 spiro atoms. The van der Waals surface area contributed by atoms with Crippen molar-refractivity contribution < 1.29 is 35.1 Å². The summed E-state index contributed by atoms with van der Waals surface area (Å²) in [6.45, 7) is 0. The Morgan fingerprint density at radius 2 is 0.545 bits per heavy atom. The van der Waals surface area contributed by atoms with E-state index in [1.54, 1.807) is 0 Å². The van der Waals surface area contributed by atoms with E-state index in [0.29, 0.717) is 72.8 Å². The van der Waals surface area contributed by atoms with Crippen molar-refractivity contribution in [2.24, 2.45) is 0 Å². The van der Waals surface area contributed by atoms with E-state index in [0.717, 1.165) is 0 Å². The standard InChI is InChI=1S/4C6H3F2.Al/c4*7-5-1-2-6(8)4-3-5;/h4*1-3H;/q;;;;-1.